The zero-order valence-electron chi connectivity index (χ0n) is 17.9. The van der Waals surface area contributed by atoms with Gasteiger partial charge in [0.15, 0.2) is 0 Å². The highest BCUT2D eigenvalue weighted by molar-refractivity contribution is 9.10. The Kier molecular flexibility index (Phi) is 6.52. The van der Waals surface area contributed by atoms with Gasteiger partial charge in [0, 0.05) is 34.2 Å². The predicted molar refractivity (Wildman–Crippen MR) is 133 cm³/mol. The minimum atomic E-state index is 0.101. The molecule has 0 radical (unpaired) electrons. The molecule has 1 amide bonds. The summed E-state index contributed by atoms with van der Waals surface area (Å²) in [6.45, 7) is 4.51. The molecule has 166 valence electrons. The molecule has 0 spiro atoms. The van der Waals surface area contributed by atoms with Gasteiger partial charge >= 0.3 is 0 Å². The fraction of sp³-hybridized carbons (Fsp3) is 0.375. The highest BCUT2D eigenvalue weighted by Crippen LogP contribution is 2.38. The molecule has 1 aromatic carbocycles. The molecule has 1 N–H and O–H groups in total. The summed E-state index contributed by atoms with van der Waals surface area (Å²) < 4.78 is 1.02. The molecule has 1 saturated heterocycles. The van der Waals surface area contributed by atoms with Gasteiger partial charge in [-0.05, 0) is 56.1 Å². The van der Waals surface area contributed by atoms with Crippen molar-refractivity contribution in [3.8, 4) is 0 Å². The van der Waals surface area contributed by atoms with Crippen molar-refractivity contribution in [3.63, 3.8) is 0 Å². The molecule has 0 bridgehead atoms. The van der Waals surface area contributed by atoms with Gasteiger partial charge in [0.1, 0.15) is 17.0 Å². The van der Waals surface area contributed by atoms with Crippen LogP contribution in [0.5, 0.6) is 0 Å². The van der Waals surface area contributed by atoms with E-state index in [-0.39, 0.29) is 5.91 Å². The van der Waals surface area contributed by atoms with Gasteiger partial charge in [0.2, 0.25) is 5.91 Å². The fourth-order valence-corrected chi connectivity index (χ4v) is 6.07. The second-order valence-corrected chi connectivity index (χ2v) is 10.3. The minimum Gasteiger partial charge on any atom is -0.340 e. The van der Waals surface area contributed by atoms with Crippen LogP contribution >= 0.6 is 27.3 Å². The molecule has 0 atom stereocenters. The summed E-state index contributed by atoms with van der Waals surface area (Å²) in [5.74, 6) is 0.926. The van der Waals surface area contributed by atoms with Crippen molar-refractivity contribution < 1.29 is 4.79 Å². The Morgan fingerprint density at radius 2 is 2.06 bits per heavy atom. The van der Waals surface area contributed by atoms with Crippen LogP contribution in [0.2, 0.25) is 0 Å². The number of piperidine rings is 1. The van der Waals surface area contributed by atoms with Gasteiger partial charge in [-0.3, -0.25) is 9.69 Å². The summed E-state index contributed by atoms with van der Waals surface area (Å²) in [5, 5.41) is 4.53. The van der Waals surface area contributed by atoms with Gasteiger partial charge < -0.3 is 10.2 Å². The number of hydrogen-bond acceptors (Lipinski definition) is 6. The number of benzene rings is 1. The third-order valence-corrected chi connectivity index (χ3v) is 7.73. The lowest BCUT2D eigenvalue weighted by Crippen LogP contribution is -2.34. The van der Waals surface area contributed by atoms with E-state index in [0.717, 1.165) is 58.8 Å². The van der Waals surface area contributed by atoms with Gasteiger partial charge in [-0.2, -0.15) is 0 Å². The number of carbonyl (C=O) groups is 1. The van der Waals surface area contributed by atoms with E-state index in [1.807, 2.05) is 35.2 Å². The summed E-state index contributed by atoms with van der Waals surface area (Å²) in [6.07, 6.45) is 10.1. The molecule has 2 aliphatic heterocycles. The third kappa shape index (κ3) is 4.72. The Morgan fingerprint density at radius 1 is 1.19 bits per heavy atom. The first-order valence-corrected chi connectivity index (χ1v) is 12.7. The van der Waals surface area contributed by atoms with Crippen LogP contribution in [0.1, 0.15) is 29.7 Å². The lowest BCUT2D eigenvalue weighted by molar-refractivity contribution is -0.126. The van der Waals surface area contributed by atoms with Crippen LogP contribution < -0.4 is 5.32 Å². The summed E-state index contributed by atoms with van der Waals surface area (Å²) in [6, 6.07) is 8.05. The van der Waals surface area contributed by atoms with Gasteiger partial charge in [-0.15, -0.1) is 11.3 Å². The highest BCUT2D eigenvalue weighted by atomic mass is 79.9. The fourth-order valence-electron chi connectivity index (χ4n) is 4.46. The molecule has 3 aromatic rings. The van der Waals surface area contributed by atoms with Crippen molar-refractivity contribution in [3.05, 3.63) is 57.7 Å². The second-order valence-electron chi connectivity index (χ2n) is 8.31. The Bertz CT molecular complexity index is 1150. The lowest BCUT2D eigenvalue weighted by Gasteiger charge is -2.27. The standard InChI is InChI=1S/C24H26BrN5OS/c25-17-6-4-7-18(14-17)28-23-22-19-9-13-30(15-20(19)32-24(22)27-16-26-23)21(31)8-5-12-29-10-2-1-3-11-29/h4-8,14,16H,1-3,9-13,15H2,(H,26,27,28). The van der Waals surface area contributed by atoms with Crippen molar-refractivity contribution in [1.82, 2.24) is 19.8 Å². The maximum absolute atomic E-state index is 12.8. The molecule has 6 nitrogen and oxygen atoms in total. The predicted octanol–water partition coefficient (Wildman–Crippen LogP) is 5.12. The van der Waals surface area contributed by atoms with Crippen LogP contribution in [-0.2, 0) is 17.8 Å². The van der Waals surface area contributed by atoms with E-state index >= 15 is 0 Å². The van der Waals surface area contributed by atoms with Crippen LogP contribution in [0.25, 0.3) is 10.2 Å². The SMILES string of the molecule is O=C(C=CCN1CCCCC1)N1CCc2c(sc3ncnc(Nc4cccc(Br)c4)c23)C1. The molecule has 0 aliphatic carbocycles. The number of likely N-dealkylation sites (tertiary alicyclic amines) is 1. The second kappa shape index (κ2) is 9.68. The number of aromatic nitrogens is 2. The van der Waals surface area contributed by atoms with Gasteiger partial charge in [-0.1, -0.05) is 34.5 Å². The third-order valence-electron chi connectivity index (χ3n) is 6.11. The van der Waals surface area contributed by atoms with Crippen molar-refractivity contribution in [2.45, 2.75) is 32.2 Å². The highest BCUT2D eigenvalue weighted by Gasteiger charge is 2.25. The first-order chi connectivity index (χ1) is 15.7. The number of hydrogen-bond donors (Lipinski definition) is 1. The quantitative estimate of drug-likeness (QED) is 0.481. The normalized spacial score (nSPS) is 17.1. The number of rotatable bonds is 5. The lowest BCUT2D eigenvalue weighted by atomic mass is 10.0. The van der Waals surface area contributed by atoms with Crippen LogP contribution in [0.3, 0.4) is 0 Å². The first kappa shape index (κ1) is 21.6. The Balaban J connectivity index is 1.31. The van der Waals surface area contributed by atoms with E-state index in [4.69, 9.17) is 0 Å². The van der Waals surface area contributed by atoms with Crippen molar-refractivity contribution >= 4 is 54.9 Å². The zero-order valence-corrected chi connectivity index (χ0v) is 20.3. The summed E-state index contributed by atoms with van der Waals surface area (Å²) in [7, 11) is 0. The molecule has 5 rings (SSSR count). The molecule has 0 saturated carbocycles. The number of amides is 1. The summed E-state index contributed by atoms with van der Waals surface area (Å²) in [5.41, 5.74) is 2.25. The van der Waals surface area contributed by atoms with Crippen LogP contribution in [0, 0.1) is 0 Å². The van der Waals surface area contributed by atoms with Gasteiger partial charge in [-0.25, -0.2) is 9.97 Å². The van der Waals surface area contributed by atoms with E-state index < -0.39 is 0 Å². The maximum atomic E-state index is 12.8. The molecule has 1 fully saturated rings. The first-order valence-electron chi connectivity index (χ1n) is 11.1. The number of fused-ring (bicyclic) bond motifs is 3. The smallest absolute Gasteiger partial charge is 0.246 e. The van der Waals surface area contributed by atoms with Crippen LogP contribution in [-0.4, -0.2) is 51.9 Å². The number of carbonyl (C=O) groups excluding carboxylic acids is 1. The number of thiophene rings is 1. The number of anilines is 2. The average Bonchev–Trinajstić information content (AvgIpc) is 3.18. The Morgan fingerprint density at radius 3 is 2.91 bits per heavy atom. The van der Waals surface area contributed by atoms with Crippen molar-refractivity contribution in [2.24, 2.45) is 0 Å². The Hall–Kier alpha value is -2.29. The largest absolute Gasteiger partial charge is 0.340 e. The molecule has 4 heterocycles. The molecule has 8 heteroatoms. The van der Waals surface area contributed by atoms with E-state index in [2.05, 4.69) is 36.1 Å². The zero-order chi connectivity index (χ0) is 21.9. The number of halogens is 1. The molecule has 2 aliphatic rings. The monoisotopic (exact) mass is 511 g/mol. The van der Waals surface area contributed by atoms with Crippen molar-refractivity contribution in [1.29, 1.82) is 0 Å². The van der Waals surface area contributed by atoms with Crippen molar-refractivity contribution in [2.75, 3.05) is 31.5 Å². The summed E-state index contributed by atoms with van der Waals surface area (Å²) >= 11 is 5.19. The van der Waals surface area contributed by atoms with E-state index in [1.54, 1.807) is 23.7 Å². The number of nitrogens with one attached hydrogen (secondary N) is 1. The molecule has 2 aromatic heterocycles. The number of nitrogens with zero attached hydrogens (tertiary/aromatic N) is 4. The van der Waals surface area contributed by atoms with E-state index in [1.165, 1.54) is 29.7 Å². The molecule has 32 heavy (non-hydrogen) atoms. The molecular formula is C24H26BrN5OS. The van der Waals surface area contributed by atoms with Gasteiger partial charge in [0.25, 0.3) is 0 Å². The minimum absolute atomic E-state index is 0.101. The van der Waals surface area contributed by atoms with Gasteiger partial charge in [0.05, 0.1) is 11.9 Å². The topological polar surface area (TPSA) is 61.4 Å². The molecular weight excluding hydrogens is 486 g/mol. The molecule has 0 unspecified atom stereocenters. The summed E-state index contributed by atoms with van der Waals surface area (Å²) in [4.78, 5) is 28.4. The Labute approximate surface area is 200 Å². The maximum Gasteiger partial charge on any atom is 0.246 e. The van der Waals surface area contributed by atoms with E-state index in [0.29, 0.717) is 6.54 Å². The van der Waals surface area contributed by atoms with Crippen LogP contribution in [0.15, 0.2) is 47.2 Å². The average molecular weight is 512 g/mol. The van der Waals surface area contributed by atoms with Crippen LogP contribution in [0.4, 0.5) is 11.5 Å². The van der Waals surface area contributed by atoms with E-state index in [9.17, 15) is 4.79 Å².